The first-order chi connectivity index (χ1) is 13.3. The Morgan fingerprint density at radius 2 is 1.46 bits per heavy atom. The van der Waals surface area contributed by atoms with Crippen molar-refractivity contribution in [2.24, 2.45) is 0 Å². The lowest BCUT2D eigenvalue weighted by molar-refractivity contribution is -0.118. The highest BCUT2D eigenvalue weighted by Gasteiger charge is 2.23. The number of amides is 2. The molecule has 5 heteroatoms. The van der Waals surface area contributed by atoms with Gasteiger partial charge in [-0.25, -0.2) is 4.79 Å². The molecule has 150 valence electrons. The van der Waals surface area contributed by atoms with Crippen LogP contribution in [0.15, 0.2) is 48.5 Å². The largest absolute Gasteiger partial charge is 0.465 e. The highest BCUT2D eigenvalue weighted by Crippen LogP contribution is 2.32. The van der Waals surface area contributed by atoms with Crippen molar-refractivity contribution < 1.29 is 14.7 Å². The number of hydrogen-bond acceptors (Lipinski definition) is 2. The third-order valence-corrected chi connectivity index (χ3v) is 4.80. The van der Waals surface area contributed by atoms with E-state index >= 15 is 0 Å². The Balaban J connectivity index is 2.24. The minimum atomic E-state index is -1.20. The second kappa shape index (κ2) is 9.93. The van der Waals surface area contributed by atoms with Gasteiger partial charge in [0.1, 0.15) is 6.04 Å². The molecule has 2 amide bonds. The summed E-state index contributed by atoms with van der Waals surface area (Å²) in [6.07, 6.45) is -0.195. The minimum absolute atomic E-state index is 0.240. The monoisotopic (exact) mass is 382 g/mol. The van der Waals surface area contributed by atoms with Gasteiger partial charge in [-0.2, -0.15) is 0 Å². The van der Waals surface area contributed by atoms with E-state index in [4.69, 9.17) is 0 Å². The Morgan fingerprint density at radius 1 is 0.893 bits per heavy atom. The summed E-state index contributed by atoms with van der Waals surface area (Å²) in [5, 5.41) is 14.6. The fourth-order valence-corrected chi connectivity index (χ4v) is 3.28. The van der Waals surface area contributed by atoms with Crippen molar-refractivity contribution >= 4 is 17.7 Å². The molecule has 0 fully saturated rings. The third kappa shape index (κ3) is 5.84. The number of nitrogens with one attached hydrogen (secondary N) is 2. The van der Waals surface area contributed by atoms with Crippen LogP contribution in [0, 0.1) is 0 Å². The van der Waals surface area contributed by atoms with Gasteiger partial charge in [0, 0.05) is 5.69 Å². The molecule has 0 aromatic heterocycles. The maximum atomic E-state index is 13.0. The molecule has 0 saturated heterocycles. The number of hydrogen-bond donors (Lipinski definition) is 3. The van der Waals surface area contributed by atoms with E-state index in [2.05, 4.69) is 38.3 Å². The normalized spacial score (nSPS) is 12.1. The second-order valence-electron chi connectivity index (χ2n) is 7.64. The lowest BCUT2D eigenvalue weighted by Crippen LogP contribution is -2.43. The molecule has 2 aromatic carbocycles. The predicted octanol–water partition coefficient (Wildman–Crippen LogP) is 5.14. The highest BCUT2D eigenvalue weighted by molar-refractivity contribution is 5.97. The van der Waals surface area contributed by atoms with Crippen LogP contribution in [0.1, 0.15) is 62.6 Å². The van der Waals surface area contributed by atoms with E-state index in [9.17, 15) is 14.7 Å². The maximum absolute atomic E-state index is 13.0. The quantitative estimate of drug-likeness (QED) is 0.591. The van der Waals surface area contributed by atoms with Crippen molar-refractivity contribution in [2.45, 2.75) is 58.4 Å². The van der Waals surface area contributed by atoms with Crippen LogP contribution in [0.4, 0.5) is 10.5 Å². The van der Waals surface area contributed by atoms with Gasteiger partial charge in [0.2, 0.25) is 5.91 Å². The summed E-state index contributed by atoms with van der Waals surface area (Å²) in [4.78, 5) is 24.2. The Labute approximate surface area is 167 Å². The van der Waals surface area contributed by atoms with Gasteiger partial charge in [0.25, 0.3) is 0 Å². The molecule has 0 spiro atoms. The van der Waals surface area contributed by atoms with Crippen LogP contribution in [-0.2, 0) is 11.2 Å². The molecule has 3 N–H and O–H groups in total. The molecule has 0 saturated carbocycles. The van der Waals surface area contributed by atoms with Crippen molar-refractivity contribution in [1.29, 1.82) is 0 Å². The van der Waals surface area contributed by atoms with Crippen LogP contribution in [-0.4, -0.2) is 23.1 Å². The Morgan fingerprint density at radius 3 is 1.96 bits per heavy atom. The Hall–Kier alpha value is -2.82. The molecule has 0 aliphatic heterocycles. The molecule has 2 rings (SSSR count). The van der Waals surface area contributed by atoms with Crippen LogP contribution < -0.4 is 10.6 Å². The van der Waals surface area contributed by atoms with E-state index in [0.29, 0.717) is 12.8 Å². The van der Waals surface area contributed by atoms with E-state index in [0.717, 1.165) is 22.4 Å². The molecule has 0 unspecified atom stereocenters. The summed E-state index contributed by atoms with van der Waals surface area (Å²) in [5.41, 5.74) is 3.97. The van der Waals surface area contributed by atoms with Crippen molar-refractivity contribution in [3.63, 3.8) is 0 Å². The van der Waals surface area contributed by atoms with Gasteiger partial charge < -0.3 is 15.7 Å². The average molecular weight is 383 g/mol. The van der Waals surface area contributed by atoms with Crippen LogP contribution in [0.3, 0.4) is 0 Å². The second-order valence-corrected chi connectivity index (χ2v) is 7.64. The average Bonchev–Trinajstić information content (AvgIpc) is 2.65. The van der Waals surface area contributed by atoms with Gasteiger partial charge in [-0.3, -0.25) is 4.79 Å². The summed E-state index contributed by atoms with van der Waals surface area (Å²) in [6.45, 7) is 8.32. The summed E-state index contributed by atoms with van der Waals surface area (Å²) >= 11 is 0. The third-order valence-electron chi connectivity index (χ3n) is 4.80. The van der Waals surface area contributed by atoms with E-state index in [1.807, 2.05) is 48.5 Å². The smallest absolute Gasteiger partial charge is 0.405 e. The number of anilines is 1. The van der Waals surface area contributed by atoms with Gasteiger partial charge >= 0.3 is 6.09 Å². The number of para-hydroxylation sites is 1. The molecular weight excluding hydrogens is 352 g/mol. The first kappa shape index (κ1) is 21.5. The van der Waals surface area contributed by atoms with Crippen molar-refractivity contribution in [3.8, 4) is 0 Å². The van der Waals surface area contributed by atoms with Crippen LogP contribution in [0.25, 0.3) is 0 Å². The summed E-state index contributed by atoms with van der Waals surface area (Å²) in [7, 11) is 0. The number of benzene rings is 2. The summed E-state index contributed by atoms with van der Waals surface area (Å²) < 4.78 is 0. The van der Waals surface area contributed by atoms with E-state index in [1.54, 1.807) is 0 Å². The minimum Gasteiger partial charge on any atom is -0.465 e. The molecule has 0 radical (unpaired) electrons. The van der Waals surface area contributed by atoms with Crippen LogP contribution in [0.2, 0.25) is 0 Å². The zero-order valence-corrected chi connectivity index (χ0v) is 17.0. The molecule has 28 heavy (non-hydrogen) atoms. The first-order valence-electron chi connectivity index (χ1n) is 9.76. The zero-order chi connectivity index (χ0) is 20.7. The Kier molecular flexibility index (Phi) is 7.61. The number of rotatable bonds is 8. The van der Waals surface area contributed by atoms with Crippen molar-refractivity contribution in [2.75, 3.05) is 5.32 Å². The molecule has 0 bridgehead atoms. The molecule has 5 nitrogen and oxygen atoms in total. The number of aryl methyl sites for hydroxylation is 1. The topological polar surface area (TPSA) is 78.4 Å². The standard InChI is InChI=1S/C23H30N2O3/c1-15(2)18-11-8-12-19(16(3)4)21(18)25-22(26)20(24-23(27)28)14-13-17-9-6-5-7-10-17/h5-12,15-16,20,24H,13-14H2,1-4H3,(H,25,26)(H,27,28)/t20-/m0/s1. The van der Waals surface area contributed by atoms with Crippen molar-refractivity contribution in [3.05, 3.63) is 65.2 Å². The van der Waals surface area contributed by atoms with Gasteiger partial charge in [-0.15, -0.1) is 0 Å². The van der Waals surface area contributed by atoms with Crippen LogP contribution >= 0.6 is 0 Å². The van der Waals surface area contributed by atoms with Gasteiger partial charge in [0.05, 0.1) is 0 Å². The first-order valence-corrected chi connectivity index (χ1v) is 9.76. The zero-order valence-electron chi connectivity index (χ0n) is 17.0. The maximum Gasteiger partial charge on any atom is 0.405 e. The molecule has 0 heterocycles. The predicted molar refractivity (Wildman–Crippen MR) is 113 cm³/mol. The van der Waals surface area contributed by atoms with Gasteiger partial charge in [-0.1, -0.05) is 76.2 Å². The van der Waals surface area contributed by atoms with E-state index < -0.39 is 12.1 Å². The van der Waals surface area contributed by atoms with E-state index in [1.165, 1.54) is 0 Å². The SMILES string of the molecule is CC(C)c1cccc(C(C)C)c1NC(=O)[C@H](CCc1ccccc1)NC(=O)O. The fourth-order valence-electron chi connectivity index (χ4n) is 3.28. The molecule has 2 aromatic rings. The molecule has 0 aliphatic carbocycles. The van der Waals surface area contributed by atoms with Crippen molar-refractivity contribution in [1.82, 2.24) is 5.32 Å². The number of carboxylic acid groups (broad SMARTS) is 1. The number of carbonyl (C=O) groups is 2. The highest BCUT2D eigenvalue weighted by atomic mass is 16.4. The van der Waals surface area contributed by atoms with E-state index in [-0.39, 0.29) is 17.7 Å². The molecule has 1 atom stereocenters. The Bertz CT molecular complexity index is 774. The lowest BCUT2D eigenvalue weighted by Gasteiger charge is -2.23. The van der Waals surface area contributed by atoms with Crippen LogP contribution in [0.5, 0.6) is 0 Å². The van der Waals surface area contributed by atoms with Gasteiger partial charge in [0.15, 0.2) is 0 Å². The summed E-state index contributed by atoms with van der Waals surface area (Å²) in [5.74, 6) is 0.154. The molecular formula is C23H30N2O3. The van der Waals surface area contributed by atoms with Gasteiger partial charge in [-0.05, 0) is 41.4 Å². The number of carbonyl (C=O) groups excluding carboxylic acids is 1. The lowest BCUT2D eigenvalue weighted by atomic mass is 9.92. The molecule has 0 aliphatic rings. The summed E-state index contributed by atoms with van der Waals surface area (Å²) in [6, 6.07) is 14.9. The fraction of sp³-hybridized carbons (Fsp3) is 0.391.